The van der Waals surface area contributed by atoms with Gasteiger partial charge in [-0.25, -0.2) is 4.98 Å². The molecule has 2 aromatic heterocycles. The first-order chi connectivity index (χ1) is 7.81. The lowest BCUT2D eigenvalue weighted by atomic mass is 10.4. The van der Waals surface area contributed by atoms with E-state index in [0.29, 0.717) is 0 Å². The van der Waals surface area contributed by atoms with Gasteiger partial charge in [-0.3, -0.25) is 0 Å². The SMILES string of the molecule is OCCCNCc1cnc2ccc(Br)cn12. The Balaban J connectivity index is 2.09. The first kappa shape index (κ1) is 11.6. The van der Waals surface area contributed by atoms with Gasteiger partial charge in [-0.05, 0) is 41.0 Å². The normalized spacial score (nSPS) is 11.1. The number of hydrogen-bond donors (Lipinski definition) is 2. The van der Waals surface area contributed by atoms with Gasteiger partial charge in [0.2, 0.25) is 0 Å². The molecule has 4 nitrogen and oxygen atoms in total. The fourth-order valence-corrected chi connectivity index (χ4v) is 1.89. The highest BCUT2D eigenvalue weighted by atomic mass is 79.9. The molecule has 0 unspecified atom stereocenters. The Morgan fingerprint density at radius 1 is 1.44 bits per heavy atom. The number of nitrogens with zero attached hydrogens (tertiary/aromatic N) is 2. The topological polar surface area (TPSA) is 49.6 Å². The second kappa shape index (κ2) is 5.43. The Morgan fingerprint density at radius 2 is 2.31 bits per heavy atom. The highest BCUT2D eigenvalue weighted by molar-refractivity contribution is 9.10. The van der Waals surface area contributed by atoms with Crippen molar-refractivity contribution in [3.63, 3.8) is 0 Å². The summed E-state index contributed by atoms with van der Waals surface area (Å²) in [6, 6.07) is 3.95. The molecule has 0 aliphatic heterocycles. The van der Waals surface area contributed by atoms with Crippen LogP contribution in [0.1, 0.15) is 12.1 Å². The van der Waals surface area contributed by atoms with Gasteiger partial charge in [0.05, 0.1) is 11.9 Å². The second-order valence-electron chi connectivity index (χ2n) is 3.58. The lowest BCUT2D eigenvalue weighted by Gasteiger charge is -2.04. The smallest absolute Gasteiger partial charge is 0.136 e. The van der Waals surface area contributed by atoms with Crippen LogP contribution < -0.4 is 5.32 Å². The molecule has 2 aromatic rings. The fourth-order valence-electron chi connectivity index (χ4n) is 1.56. The molecule has 0 atom stereocenters. The number of fused-ring (bicyclic) bond motifs is 1. The largest absolute Gasteiger partial charge is 0.396 e. The van der Waals surface area contributed by atoms with Crippen molar-refractivity contribution in [3.8, 4) is 0 Å². The zero-order valence-electron chi connectivity index (χ0n) is 8.86. The predicted molar refractivity (Wildman–Crippen MR) is 66.3 cm³/mol. The summed E-state index contributed by atoms with van der Waals surface area (Å²) in [5, 5.41) is 11.9. The molecule has 86 valence electrons. The Labute approximate surface area is 102 Å². The Hall–Kier alpha value is -0.910. The van der Waals surface area contributed by atoms with E-state index in [-0.39, 0.29) is 6.61 Å². The molecule has 5 heteroatoms. The number of rotatable bonds is 5. The molecule has 2 N–H and O–H groups in total. The molecule has 2 heterocycles. The minimum Gasteiger partial charge on any atom is -0.396 e. The van der Waals surface area contributed by atoms with Crippen molar-refractivity contribution in [1.29, 1.82) is 0 Å². The van der Waals surface area contributed by atoms with Crippen LogP contribution in [0.25, 0.3) is 5.65 Å². The zero-order chi connectivity index (χ0) is 11.4. The lowest BCUT2D eigenvalue weighted by Crippen LogP contribution is -2.16. The quantitative estimate of drug-likeness (QED) is 0.819. The van der Waals surface area contributed by atoms with Crippen molar-refractivity contribution >= 4 is 21.6 Å². The van der Waals surface area contributed by atoms with Crippen LogP contribution in [-0.4, -0.2) is 27.6 Å². The van der Waals surface area contributed by atoms with E-state index in [0.717, 1.165) is 35.3 Å². The summed E-state index contributed by atoms with van der Waals surface area (Å²) in [4.78, 5) is 4.31. The molecule has 0 aliphatic carbocycles. The van der Waals surface area contributed by atoms with Crippen LogP contribution in [-0.2, 0) is 6.54 Å². The summed E-state index contributed by atoms with van der Waals surface area (Å²) in [6.07, 6.45) is 4.65. The van der Waals surface area contributed by atoms with E-state index in [2.05, 4.69) is 30.6 Å². The average Bonchev–Trinajstić information content (AvgIpc) is 2.67. The van der Waals surface area contributed by atoms with E-state index in [1.165, 1.54) is 0 Å². The van der Waals surface area contributed by atoms with Crippen molar-refractivity contribution in [2.45, 2.75) is 13.0 Å². The van der Waals surface area contributed by atoms with Crippen LogP contribution in [0.4, 0.5) is 0 Å². The number of imidazole rings is 1. The number of hydrogen-bond acceptors (Lipinski definition) is 3. The van der Waals surface area contributed by atoms with Gasteiger partial charge in [0.15, 0.2) is 0 Å². The third-order valence-electron chi connectivity index (χ3n) is 2.36. The maximum atomic E-state index is 8.67. The summed E-state index contributed by atoms with van der Waals surface area (Å²) in [5.41, 5.74) is 2.07. The number of aliphatic hydroxyl groups is 1. The molecule has 0 amide bonds. The molecular weight excluding hydrogens is 270 g/mol. The molecule has 0 radical (unpaired) electrons. The van der Waals surface area contributed by atoms with Gasteiger partial charge in [-0.2, -0.15) is 0 Å². The van der Waals surface area contributed by atoms with Gasteiger partial charge >= 0.3 is 0 Å². The molecule has 2 rings (SSSR count). The molecular formula is C11H14BrN3O. The maximum Gasteiger partial charge on any atom is 0.136 e. The maximum absolute atomic E-state index is 8.67. The molecule has 0 fully saturated rings. The molecule has 0 saturated carbocycles. The Bertz CT molecular complexity index is 469. The summed E-state index contributed by atoms with van der Waals surface area (Å²) in [5.74, 6) is 0. The first-order valence-corrected chi connectivity index (χ1v) is 6.03. The monoisotopic (exact) mass is 283 g/mol. The van der Waals surface area contributed by atoms with Crippen molar-refractivity contribution < 1.29 is 5.11 Å². The third kappa shape index (κ3) is 2.61. The number of aromatic nitrogens is 2. The van der Waals surface area contributed by atoms with E-state index in [9.17, 15) is 0 Å². The molecule has 0 saturated heterocycles. The van der Waals surface area contributed by atoms with Crippen LogP contribution in [0.2, 0.25) is 0 Å². The van der Waals surface area contributed by atoms with Crippen molar-refractivity contribution in [3.05, 3.63) is 34.7 Å². The van der Waals surface area contributed by atoms with E-state index in [1.54, 1.807) is 0 Å². The zero-order valence-corrected chi connectivity index (χ0v) is 10.4. The summed E-state index contributed by atoms with van der Waals surface area (Å²) >= 11 is 3.44. The second-order valence-corrected chi connectivity index (χ2v) is 4.49. The average molecular weight is 284 g/mol. The van der Waals surface area contributed by atoms with Crippen LogP contribution in [0.5, 0.6) is 0 Å². The van der Waals surface area contributed by atoms with Crippen LogP contribution in [0.15, 0.2) is 29.0 Å². The van der Waals surface area contributed by atoms with E-state index < -0.39 is 0 Å². The van der Waals surface area contributed by atoms with Crippen LogP contribution in [0.3, 0.4) is 0 Å². The van der Waals surface area contributed by atoms with Gasteiger partial charge in [0.25, 0.3) is 0 Å². The van der Waals surface area contributed by atoms with Crippen molar-refractivity contribution in [2.75, 3.05) is 13.2 Å². The van der Waals surface area contributed by atoms with Gasteiger partial charge in [-0.1, -0.05) is 0 Å². The number of aliphatic hydroxyl groups excluding tert-OH is 1. The fraction of sp³-hybridized carbons (Fsp3) is 0.364. The van der Waals surface area contributed by atoms with Gasteiger partial charge in [0, 0.05) is 23.8 Å². The number of pyridine rings is 1. The molecule has 0 spiro atoms. The lowest BCUT2D eigenvalue weighted by molar-refractivity contribution is 0.286. The Morgan fingerprint density at radius 3 is 3.12 bits per heavy atom. The van der Waals surface area contributed by atoms with E-state index >= 15 is 0 Å². The summed E-state index contributed by atoms with van der Waals surface area (Å²) < 4.78 is 3.09. The third-order valence-corrected chi connectivity index (χ3v) is 2.83. The van der Waals surface area contributed by atoms with E-state index in [4.69, 9.17) is 5.11 Å². The van der Waals surface area contributed by atoms with Crippen molar-refractivity contribution in [2.24, 2.45) is 0 Å². The number of halogens is 1. The van der Waals surface area contributed by atoms with Gasteiger partial charge in [-0.15, -0.1) is 0 Å². The van der Waals surface area contributed by atoms with Crippen molar-refractivity contribution in [1.82, 2.24) is 14.7 Å². The summed E-state index contributed by atoms with van der Waals surface area (Å²) in [6.45, 7) is 1.81. The minimum absolute atomic E-state index is 0.228. The van der Waals surface area contributed by atoms with Crippen LogP contribution >= 0.6 is 15.9 Å². The van der Waals surface area contributed by atoms with Gasteiger partial charge in [0.1, 0.15) is 5.65 Å². The van der Waals surface area contributed by atoms with E-state index in [1.807, 2.05) is 24.5 Å². The van der Waals surface area contributed by atoms with Gasteiger partial charge < -0.3 is 14.8 Å². The predicted octanol–water partition coefficient (Wildman–Crippen LogP) is 1.57. The molecule has 0 aromatic carbocycles. The number of nitrogens with one attached hydrogen (secondary N) is 1. The first-order valence-electron chi connectivity index (χ1n) is 5.24. The van der Waals surface area contributed by atoms with Crippen LogP contribution in [0, 0.1) is 0 Å². The molecule has 0 bridgehead atoms. The standard InChI is InChI=1S/C11H14BrN3O/c12-9-2-3-11-14-7-10(15(11)8-9)6-13-4-1-5-16/h2-3,7-8,13,16H,1,4-6H2. The molecule has 0 aliphatic rings. The summed E-state index contributed by atoms with van der Waals surface area (Å²) in [7, 11) is 0. The minimum atomic E-state index is 0.228. The molecule has 16 heavy (non-hydrogen) atoms. The highest BCUT2D eigenvalue weighted by Crippen LogP contribution is 2.13. The highest BCUT2D eigenvalue weighted by Gasteiger charge is 2.02. The Kier molecular flexibility index (Phi) is 3.93.